The molecule has 3 nitrogen and oxygen atoms in total. The molecule has 0 saturated carbocycles. The first-order chi connectivity index (χ1) is 6.02. The van der Waals surface area contributed by atoms with Crippen molar-refractivity contribution in [2.75, 3.05) is 0 Å². The molecule has 0 atom stereocenters. The van der Waals surface area contributed by atoms with Crippen molar-refractivity contribution in [1.82, 2.24) is 0 Å². The van der Waals surface area contributed by atoms with Gasteiger partial charge in [-0.2, -0.15) is 0 Å². The van der Waals surface area contributed by atoms with Crippen LogP contribution in [0.1, 0.15) is 5.56 Å². The number of hydrogen-bond acceptors (Lipinski definition) is 2. The van der Waals surface area contributed by atoms with Gasteiger partial charge < -0.3 is 0 Å². The molecule has 0 heterocycles. The summed E-state index contributed by atoms with van der Waals surface area (Å²) in [5.41, 5.74) is -0.181. The van der Waals surface area contributed by atoms with Crippen LogP contribution in [-0.4, -0.2) is 4.92 Å². The third-order valence-corrected chi connectivity index (χ3v) is 2.07. The molecule has 0 aliphatic heterocycles. The highest BCUT2D eigenvalue weighted by Crippen LogP contribution is 2.25. The molecule has 13 heavy (non-hydrogen) atoms. The largest absolute Gasteiger partial charge is 0.264 e. The molecule has 0 N–H and O–H groups in total. The van der Waals surface area contributed by atoms with E-state index < -0.39 is 17.3 Å². The summed E-state index contributed by atoms with van der Waals surface area (Å²) < 4.78 is 13.1. The fourth-order valence-electron chi connectivity index (χ4n) is 0.843. The van der Waals surface area contributed by atoms with Gasteiger partial charge in [0.1, 0.15) is 0 Å². The Hall–Kier alpha value is -0.870. The average Bonchev–Trinajstić information content (AvgIpc) is 2.05. The number of rotatable bonds is 2. The van der Waals surface area contributed by atoms with Crippen molar-refractivity contribution in [3.63, 3.8) is 0 Å². The maximum atomic E-state index is 13.1. The third kappa shape index (κ3) is 2.29. The van der Waals surface area contributed by atoms with Crippen molar-refractivity contribution < 1.29 is 9.31 Å². The van der Waals surface area contributed by atoms with E-state index in [-0.39, 0.29) is 15.6 Å². The molecular weight excluding hydrogens is 220 g/mol. The standard InChI is InChI=1S/C7H4Cl2FNO2/c8-5-1-2-6(9)7(10)4(5)3-11(12)13/h1-2H,3H2. The van der Waals surface area contributed by atoms with Crippen LogP contribution in [0.2, 0.25) is 10.0 Å². The molecule has 6 heteroatoms. The highest BCUT2D eigenvalue weighted by molar-refractivity contribution is 6.33. The molecule has 0 aliphatic rings. The van der Waals surface area contributed by atoms with E-state index >= 15 is 0 Å². The first-order valence-electron chi connectivity index (χ1n) is 3.26. The number of benzene rings is 1. The van der Waals surface area contributed by atoms with E-state index in [1.807, 2.05) is 0 Å². The first kappa shape index (κ1) is 10.2. The third-order valence-electron chi connectivity index (χ3n) is 1.43. The van der Waals surface area contributed by atoms with Gasteiger partial charge in [-0.25, -0.2) is 4.39 Å². The maximum Gasteiger partial charge on any atom is 0.233 e. The van der Waals surface area contributed by atoms with Gasteiger partial charge in [0.25, 0.3) is 0 Å². The van der Waals surface area contributed by atoms with E-state index in [9.17, 15) is 14.5 Å². The minimum Gasteiger partial charge on any atom is -0.264 e. The molecule has 1 rings (SSSR count). The van der Waals surface area contributed by atoms with Gasteiger partial charge in [0.2, 0.25) is 6.54 Å². The van der Waals surface area contributed by atoms with Crippen LogP contribution in [0.25, 0.3) is 0 Å². The van der Waals surface area contributed by atoms with Gasteiger partial charge in [0.15, 0.2) is 5.82 Å². The summed E-state index contributed by atoms with van der Waals surface area (Å²) in [7, 11) is 0. The SMILES string of the molecule is O=[N+]([O-])Cc1c(Cl)ccc(Cl)c1F. The van der Waals surface area contributed by atoms with Gasteiger partial charge >= 0.3 is 0 Å². The smallest absolute Gasteiger partial charge is 0.233 e. The summed E-state index contributed by atoms with van der Waals surface area (Å²) in [5, 5.41) is 9.97. The molecule has 0 amide bonds. The van der Waals surface area contributed by atoms with Gasteiger partial charge in [-0.1, -0.05) is 23.2 Å². The molecule has 70 valence electrons. The predicted molar refractivity (Wildman–Crippen MR) is 47.1 cm³/mol. The Labute approximate surface area is 83.2 Å². The first-order valence-corrected chi connectivity index (χ1v) is 4.02. The van der Waals surface area contributed by atoms with Crippen molar-refractivity contribution in [2.45, 2.75) is 6.54 Å². The second-order valence-corrected chi connectivity index (χ2v) is 3.13. The van der Waals surface area contributed by atoms with E-state index in [4.69, 9.17) is 23.2 Å². The highest BCUT2D eigenvalue weighted by atomic mass is 35.5. The molecule has 1 aromatic rings. The van der Waals surface area contributed by atoms with Gasteiger partial charge in [-0.15, -0.1) is 0 Å². The van der Waals surface area contributed by atoms with Crippen LogP contribution in [-0.2, 0) is 6.54 Å². The minimum absolute atomic E-state index is 0.0126. The Bertz CT molecular complexity index is 357. The average molecular weight is 224 g/mol. The summed E-state index contributed by atoms with van der Waals surface area (Å²) in [6.45, 7) is -0.661. The summed E-state index contributed by atoms with van der Waals surface area (Å²) >= 11 is 11.0. The molecule has 0 spiro atoms. The fraction of sp³-hybridized carbons (Fsp3) is 0.143. The van der Waals surface area contributed by atoms with Crippen molar-refractivity contribution in [3.05, 3.63) is 43.7 Å². The molecule has 0 fully saturated rings. The van der Waals surface area contributed by atoms with Crippen LogP contribution in [0.5, 0.6) is 0 Å². The quantitative estimate of drug-likeness (QED) is 0.440. The summed E-state index contributed by atoms with van der Waals surface area (Å²) in [6.07, 6.45) is 0. The lowest BCUT2D eigenvalue weighted by molar-refractivity contribution is -0.497. The molecule has 0 unspecified atom stereocenters. The molecule has 0 aliphatic carbocycles. The van der Waals surface area contributed by atoms with Crippen LogP contribution in [0.3, 0.4) is 0 Å². The Kier molecular flexibility index (Phi) is 3.06. The van der Waals surface area contributed by atoms with Crippen LogP contribution in [0.15, 0.2) is 12.1 Å². The topological polar surface area (TPSA) is 43.1 Å². The number of nitrogens with zero attached hydrogens (tertiary/aromatic N) is 1. The normalized spacial score (nSPS) is 10.1. The number of hydrogen-bond donors (Lipinski definition) is 0. The Morgan fingerprint density at radius 3 is 2.46 bits per heavy atom. The second kappa shape index (κ2) is 3.89. The zero-order valence-electron chi connectivity index (χ0n) is 6.26. The monoisotopic (exact) mass is 223 g/mol. The molecule has 0 radical (unpaired) electrons. The molecular formula is C7H4Cl2FNO2. The van der Waals surface area contributed by atoms with E-state index in [0.29, 0.717) is 0 Å². The second-order valence-electron chi connectivity index (χ2n) is 2.31. The lowest BCUT2D eigenvalue weighted by Crippen LogP contribution is -2.02. The number of nitro groups is 1. The molecule has 0 saturated heterocycles. The van der Waals surface area contributed by atoms with Gasteiger partial charge in [-0.3, -0.25) is 10.1 Å². The minimum atomic E-state index is -0.828. The Balaban J connectivity index is 3.17. The van der Waals surface area contributed by atoms with Gasteiger partial charge in [0.05, 0.1) is 15.6 Å². The Morgan fingerprint density at radius 1 is 1.38 bits per heavy atom. The molecule has 0 aromatic heterocycles. The summed E-state index contributed by atoms with van der Waals surface area (Å²) in [6, 6.07) is 2.58. The Morgan fingerprint density at radius 2 is 1.92 bits per heavy atom. The number of halogens is 3. The van der Waals surface area contributed by atoms with Crippen molar-refractivity contribution in [1.29, 1.82) is 0 Å². The predicted octanol–water partition coefficient (Wildman–Crippen LogP) is 2.91. The lowest BCUT2D eigenvalue weighted by Gasteiger charge is -2.01. The van der Waals surface area contributed by atoms with Crippen LogP contribution >= 0.6 is 23.2 Å². The fourth-order valence-corrected chi connectivity index (χ4v) is 1.23. The summed E-state index contributed by atoms with van der Waals surface area (Å²) in [4.78, 5) is 9.46. The van der Waals surface area contributed by atoms with Crippen molar-refractivity contribution in [3.8, 4) is 0 Å². The lowest BCUT2D eigenvalue weighted by atomic mass is 10.2. The van der Waals surface area contributed by atoms with E-state index in [1.165, 1.54) is 12.1 Å². The van der Waals surface area contributed by atoms with Gasteiger partial charge in [0, 0.05) is 4.92 Å². The van der Waals surface area contributed by atoms with Crippen LogP contribution in [0.4, 0.5) is 4.39 Å². The van der Waals surface area contributed by atoms with E-state index in [1.54, 1.807) is 0 Å². The van der Waals surface area contributed by atoms with Crippen LogP contribution in [0, 0.1) is 15.9 Å². The zero-order valence-corrected chi connectivity index (χ0v) is 7.77. The maximum absolute atomic E-state index is 13.1. The van der Waals surface area contributed by atoms with Crippen molar-refractivity contribution in [2.24, 2.45) is 0 Å². The van der Waals surface area contributed by atoms with Gasteiger partial charge in [-0.05, 0) is 12.1 Å². The molecule has 1 aromatic carbocycles. The molecule has 0 bridgehead atoms. The van der Waals surface area contributed by atoms with Crippen molar-refractivity contribution >= 4 is 23.2 Å². The summed E-state index contributed by atoms with van der Waals surface area (Å²) in [5.74, 6) is -0.828. The van der Waals surface area contributed by atoms with E-state index in [2.05, 4.69) is 0 Å². The highest BCUT2D eigenvalue weighted by Gasteiger charge is 2.15. The zero-order chi connectivity index (χ0) is 10.0. The van der Waals surface area contributed by atoms with E-state index in [0.717, 1.165) is 0 Å². The van der Waals surface area contributed by atoms with Crippen LogP contribution < -0.4 is 0 Å².